The minimum atomic E-state index is -5.02. The fraction of sp³-hybridized carbons (Fsp3) is 0.417. The smallest absolute Gasteiger partial charge is 0.418 e. The lowest BCUT2D eigenvalue weighted by atomic mass is 9.84. The first kappa shape index (κ1) is 33.5. The van der Waals surface area contributed by atoms with Crippen molar-refractivity contribution in [3.8, 4) is 5.75 Å². The van der Waals surface area contributed by atoms with Crippen LogP contribution in [0.15, 0.2) is 39.8 Å². The van der Waals surface area contributed by atoms with Crippen LogP contribution in [0.1, 0.15) is 25.1 Å². The fourth-order valence-corrected chi connectivity index (χ4v) is 5.26. The maximum Gasteiger partial charge on any atom is 0.418 e. The number of thiazole rings is 1. The molecule has 0 saturated carbocycles. The van der Waals surface area contributed by atoms with E-state index in [1.165, 1.54) is 19.2 Å². The quantitative estimate of drug-likeness (QED) is 0.0392. The summed E-state index contributed by atoms with van der Waals surface area (Å²) in [5.41, 5.74) is 16.3. The second-order valence-electron chi connectivity index (χ2n) is 10.4. The predicted octanol–water partition coefficient (Wildman–Crippen LogP) is -2.18. The van der Waals surface area contributed by atoms with E-state index >= 15 is 0 Å². The number of nitrogens with two attached hydrogens (primary N) is 3. The number of rotatable bonds is 13. The number of hydrogen-bond donors (Lipinski definition) is 7. The number of hydrogen-bond acceptors (Lipinski definition) is 15. The Hall–Kier alpha value is -4.41. The van der Waals surface area contributed by atoms with Crippen molar-refractivity contribution in [3.05, 3.63) is 40.9 Å². The maximum atomic E-state index is 13.2. The molecule has 1 aromatic heterocycles. The van der Waals surface area contributed by atoms with Crippen molar-refractivity contribution in [2.24, 2.45) is 21.6 Å². The van der Waals surface area contributed by atoms with Crippen LogP contribution < -0.4 is 32.6 Å². The molecule has 21 heteroatoms. The summed E-state index contributed by atoms with van der Waals surface area (Å²) in [6, 6.07) is 4.74. The molecule has 0 bridgehead atoms. The van der Waals surface area contributed by atoms with Crippen molar-refractivity contribution in [2.75, 3.05) is 25.4 Å². The number of nitrogens with one attached hydrogen (secondary N) is 2. The molecular formula is C24H31N9O10S2. The number of oxime groups is 1. The first-order valence-corrected chi connectivity index (χ1v) is 15.3. The largest absolute Gasteiger partial charge is 0.489 e. The second-order valence-corrected chi connectivity index (χ2v) is 12.3. The number of amidine groups is 1. The Morgan fingerprint density at radius 2 is 1.98 bits per heavy atom. The van der Waals surface area contributed by atoms with Gasteiger partial charge in [0.25, 0.3) is 17.9 Å². The third kappa shape index (κ3) is 8.01. The molecule has 3 heterocycles. The lowest BCUT2D eigenvalue weighted by molar-refractivity contribution is -0.218. The number of benzene rings is 1. The molecule has 2 saturated heterocycles. The maximum absolute atomic E-state index is 13.2. The minimum absolute atomic E-state index is 0.0493. The van der Waals surface area contributed by atoms with E-state index < -0.39 is 58.2 Å². The van der Waals surface area contributed by atoms with Crippen molar-refractivity contribution in [1.29, 1.82) is 0 Å². The third-order valence-electron chi connectivity index (χ3n) is 6.73. The number of amides is 2. The standard InChI is InChI=1S/C24H31N9O10S2/c1-24(2)18(21(35)33(24)43-45(38,39)40)31-20(34)17(15-10-44-23(27)30-15)32-42-16(22(36)37)9-41-12-5-3-11(4-6-12)19(26)29-14-8-28-7-13(14)25/h3-6,10,13-14,16,18,28H,7-9,25H2,1-2H3,(H2,26,29)(H2,27,30)(H,31,34)(H,36,37)(H,38,39,40)/t13?,14?,16-,18+/m0/s1. The van der Waals surface area contributed by atoms with Crippen LogP contribution >= 0.6 is 11.3 Å². The van der Waals surface area contributed by atoms with Gasteiger partial charge in [-0.1, -0.05) is 5.16 Å². The highest BCUT2D eigenvalue weighted by atomic mass is 32.3. The molecule has 2 fully saturated rings. The van der Waals surface area contributed by atoms with E-state index in [4.69, 9.17) is 31.3 Å². The average molecular weight is 670 g/mol. The van der Waals surface area contributed by atoms with Crippen LogP contribution in [0.25, 0.3) is 0 Å². The first-order valence-electron chi connectivity index (χ1n) is 13.1. The van der Waals surface area contributed by atoms with E-state index in [2.05, 4.69) is 30.0 Å². The molecule has 2 amide bonds. The number of ether oxygens (including phenoxy) is 1. The molecule has 2 aliphatic heterocycles. The van der Waals surface area contributed by atoms with Gasteiger partial charge in [-0.05, 0) is 38.1 Å². The van der Waals surface area contributed by atoms with Crippen LogP contribution in [0.3, 0.4) is 0 Å². The molecular weight excluding hydrogens is 638 g/mol. The van der Waals surface area contributed by atoms with E-state index in [1.807, 2.05) is 0 Å². The van der Waals surface area contributed by atoms with Crippen molar-refractivity contribution in [1.82, 2.24) is 20.7 Å². The Labute approximate surface area is 260 Å². The zero-order valence-corrected chi connectivity index (χ0v) is 25.4. The van der Waals surface area contributed by atoms with Gasteiger partial charge < -0.3 is 42.5 Å². The lowest BCUT2D eigenvalue weighted by Gasteiger charge is -2.50. The summed E-state index contributed by atoms with van der Waals surface area (Å²) in [6.45, 7) is 3.43. The molecule has 19 nitrogen and oxygen atoms in total. The van der Waals surface area contributed by atoms with E-state index in [0.29, 0.717) is 23.7 Å². The van der Waals surface area contributed by atoms with Crippen molar-refractivity contribution < 1.29 is 46.3 Å². The number of aliphatic imine (C=N–C) groups is 1. The van der Waals surface area contributed by atoms with Crippen molar-refractivity contribution >= 4 is 56.2 Å². The van der Waals surface area contributed by atoms with Gasteiger partial charge in [0.2, 0.25) is 0 Å². The predicted molar refractivity (Wildman–Crippen MR) is 158 cm³/mol. The monoisotopic (exact) mass is 669 g/mol. The van der Waals surface area contributed by atoms with Crippen LogP contribution in [0, 0.1) is 0 Å². The number of β-lactam (4-membered cyclic amide) rings is 1. The zero-order valence-electron chi connectivity index (χ0n) is 23.8. The average Bonchev–Trinajstić information content (AvgIpc) is 3.58. The SMILES string of the molecule is CC1(C)[C@H](NC(=O)C(=NO[C@@H](COc2ccc(C(N)=NC3CNCC3N)cc2)C(=O)O)c2csc(N)n2)C(=O)N1OS(=O)(=O)O. The zero-order chi connectivity index (χ0) is 33.1. The first-order chi connectivity index (χ1) is 21.1. The number of carbonyl (C=O) groups is 3. The normalized spacial score (nSPS) is 22.4. The molecule has 4 atom stereocenters. The van der Waals surface area contributed by atoms with Crippen LogP contribution in [0.5, 0.6) is 5.75 Å². The number of carboxylic acid groups (broad SMARTS) is 1. The summed E-state index contributed by atoms with van der Waals surface area (Å²) in [5.74, 6) is -2.95. The Morgan fingerprint density at radius 3 is 2.51 bits per heavy atom. The van der Waals surface area contributed by atoms with Crippen LogP contribution in [-0.2, 0) is 33.9 Å². The molecule has 45 heavy (non-hydrogen) atoms. The van der Waals surface area contributed by atoms with Crippen molar-refractivity contribution in [3.63, 3.8) is 0 Å². The Bertz CT molecular complexity index is 1610. The van der Waals surface area contributed by atoms with Gasteiger partial charge in [0.1, 0.15) is 29.9 Å². The third-order valence-corrected chi connectivity index (χ3v) is 7.74. The number of anilines is 1. The number of hydroxylamine groups is 2. The van der Waals surface area contributed by atoms with E-state index in [9.17, 15) is 27.9 Å². The van der Waals surface area contributed by atoms with Gasteiger partial charge in [-0.3, -0.25) is 19.1 Å². The van der Waals surface area contributed by atoms with Gasteiger partial charge in [0, 0.05) is 30.1 Å². The summed E-state index contributed by atoms with van der Waals surface area (Å²) >= 11 is 0.949. The lowest BCUT2D eigenvalue weighted by Crippen LogP contribution is -2.76. The molecule has 0 aliphatic carbocycles. The molecule has 2 aliphatic rings. The highest BCUT2D eigenvalue weighted by Crippen LogP contribution is 2.33. The number of nitrogen functional groups attached to an aromatic ring is 1. The van der Waals surface area contributed by atoms with E-state index in [-0.39, 0.29) is 34.5 Å². The second kappa shape index (κ2) is 13.3. The molecule has 2 unspecified atom stereocenters. The Kier molecular flexibility index (Phi) is 9.89. The highest BCUT2D eigenvalue weighted by Gasteiger charge is 2.58. The van der Waals surface area contributed by atoms with Crippen molar-refractivity contribution in [2.45, 2.75) is 43.6 Å². The summed E-state index contributed by atoms with van der Waals surface area (Å²) in [4.78, 5) is 51.1. The van der Waals surface area contributed by atoms with Gasteiger partial charge in [0.15, 0.2) is 10.8 Å². The number of nitrogens with zero attached hydrogens (tertiary/aromatic N) is 4. The topological polar surface area (TPSA) is 296 Å². The van der Waals surface area contributed by atoms with Crippen LogP contribution in [0.4, 0.5) is 5.13 Å². The summed E-state index contributed by atoms with van der Waals surface area (Å²) in [5, 5.41) is 20.6. The van der Waals surface area contributed by atoms with E-state index in [1.54, 1.807) is 24.3 Å². The highest BCUT2D eigenvalue weighted by molar-refractivity contribution is 7.80. The molecule has 10 N–H and O–H groups in total. The molecule has 244 valence electrons. The fourth-order valence-electron chi connectivity index (χ4n) is 4.26. The van der Waals surface area contributed by atoms with Gasteiger partial charge in [-0.2, -0.15) is 13.5 Å². The minimum Gasteiger partial charge on any atom is -0.489 e. The summed E-state index contributed by atoms with van der Waals surface area (Å²) in [7, 11) is -5.02. The molecule has 0 spiro atoms. The number of aliphatic carboxylic acids is 1. The number of carbonyl (C=O) groups excluding carboxylic acids is 2. The van der Waals surface area contributed by atoms with Gasteiger partial charge >= 0.3 is 16.4 Å². The summed E-state index contributed by atoms with van der Waals surface area (Å²) < 4.78 is 40.9. The Morgan fingerprint density at radius 1 is 1.29 bits per heavy atom. The van der Waals surface area contributed by atoms with E-state index in [0.717, 1.165) is 11.3 Å². The Balaban J connectivity index is 1.44. The molecule has 1 aromatic carbocycles. The van der Waals surface area contributed by atoms with Gasteiger partial charge in [-0.15, -0.1) is 15.6 Å². The van der Waals surface area contributed by atoms with Crippen LogP contribution in [0.2, 0.25) is 0 Å². The van der Waals surface area contributed by atoms with Gasteiger partial charge in [-0.25, -0.2) is 9.78 Å². The number of aromatic nitrogens is 1. The van der Waals surface area contributed by atoms with Crippen LogP contribution in [-0.4, -0.2) is 107 Å². The molecule has 0 radical (unpaired) electrons. The van der Waals surface area contributed by atoms with Gasteiger partial charge in [0.05, 0.1) is 11.6 Å². The number of carboxylic acids is 1. The molecule has 2 aromatic rings. The summed E-state index contributed by atoms with van der Waals surface area (Å²) in [6.07, 6.45) is -1.70. The molecule has 4 rings (SSSR count).